The van der Waals surface area contributed by atoms with Crippen LogP contribution in [0.1, 0.15) is 53.3 Å². The van der Waals surface area contributed by atoms with E-state index in [-0.39, 0.29) is 44.7 Å². The summed E-state index contributed by atoms with van der Waals surface area (Å²) in [5.74, 6) is -3.83. The molecule has 39 heavy (non-hydrogen) atoms. The van der Waals surface area contributed by atoms with Gasteiger partial charge in [0, 0.05) is 11.8 Å². The molecule has 0 amide bonds. The third-order valence-corrected chi connectivity index (χ3v) is 6.04. The van der Waals surface area contributed by atoms with Gasteiger partial charge < -0.3 is 36.0 Å². The number of phenolic OH excluding ortho intramolecular Hbond substituents is 5. The molecule has 0 saturated heterocycles. The van der Waals surface area contributed by atoms with Gasteiger partial charge in [-0.3, -0.25) is 9.59 Å². The Balaban J connectivity index is 0.000000187. The molecule has 0 fully saturated rings. The molecule has 0 unspecified atom stereocenters. The zero-order valence-electron chi connectivity index (χ0n) is 20.7. The highest BCUT2D eigenvalue weighted by atomic mass is 16.5. The van der Waals surface area contributed by atoms with Crippen LogP contribution >= 0.6 is 0 Å². The summed E-state index contributed by atoms with van der Waals surface area (Å²) < 4.78 is 5.08. The smallest absolute Gasteiger partial charge is 0.347 e. The van der Waals surface area contributed by atoms with E-state index in [4.69, 9.17) is 10.5 Å². The maximum atomic E-state index is 12.6. The molecular weight excluding hydrogens is 506 g/mol. The van der Waals surface area contributed by atoms with Crippen molar-refractivity contribution in [3.63, 3.8) is 0 Å². The number of aryl methyl sites for hydroxylation is 2. The van der Waals surface area contributed by atoms with Crippen LogP contribution < -0.4 is 10.5 Å². The SMILES string of the molecule is Cc1cc(O)c2c(c1O)C(=O)c1c(O)cc(C)c(O)c1C2=O.Nc1ccc(C(=O)Oc2ccccc2)c(O)c1. The fourth-order valence-electron chi connectivity index (χ4n) is 4.10. The first-order chi connectivity index (χ1) is 18.4. The van der Waals surface area contributed by atoms with E-state index in [1.54, 1.807) is 24.3 Å². The molecule has 7 N–H and O–H groups in total. The predicted molar refractivity (Wildman–Crippen MR) is 140 cm³/mol. The first-order valence-corrected chi connectivity index (χ1v) is 11.5. The lowest BCUT2D eigenvalue weighted by Crippen LogP contribution is -2.22. The monoisotopic (exact) mass is 529 g/mol. The average molecular weight is 530 g/mol. The molecule has 1 aliphatic carbocycles. The summed E-state index contributed by atoms with van der Waals surface area (Å²) in [7, 11) is 0. The minimum absolute atomic E-state index is 0.0862. The van der Waals surface area contributed by atoms with Gasteiger partial charge in [0.2, 0.25) is 11.6 Å². The second kappa shape index (κ2) is 10.1. The number of ether oxygens (including phenoxy) is 1. The topological polar surface area (TPSA) is 188 Å². The van der Waals surface area contributed by atoms with Crippen molar-refractivity contribution < 1.29 is 44.7 Å². The number of benzene rings is 4. The molecule has 10 heteroatoms. The van der Waals surface area contributed by atoms with Crippen LogP contribution in [0.4, 0.5) is 5.69 Å². The Labute approximate surface area is 221 Å². The van der Waals surface area contributed by atoms with Crippen LogP contribution in [0.3, 0.4) is 0 Å². The van der Waals surface area contributed by atoms with Crippen LogP contribution in [-0.2, 0) is 0 Å². The number of rotatable bonds is 2. The van der Waals surface area contributed by atoms with Crippen LogP contribution in [0, 0.1) is 13.8 Å². The molecule has 4 aromatic rings. The number of nitrogen functional groups attached to an aromatic ring is 1. The van der Waals surface area contributed by atoms with E-state index >= 15 is 0 Å². The van der Waals surface area contributed by atoms with Gasteiger partial charge in [0.05, 0.1) is 22.3 Å². The summed E-state index contributed by atoms with van der Waals surface area (Å²) in [6.07, 6.45) is 0. The van der Waals surface area contributed by atoms with Gasteiger partial charge in [0.1, 0.15) is 40.1 Å². The molecule has 0 heterocycles. The minimum atomic E-state index is -0.825. The standard InChI is InChI=1S/C16H12O6.C13H11NO3/c1-5-3-7(17)9-11(13(5)19)15(21)10-8(18)4-6(2)14(20)12(10)16(9)22;14-9-6-7-11(12(15)8-9)13(16)17-10-4-2-1-3-5-10/h3-4,17-20H,1-2H3;1-8,15H,14H2. The Kier molecular flexibility index (Phi) is 6.87. The van der Waals surface area contributed by atoms with Crippen molar-refractivity contribution in [2.24, 2.45) is 0 Å². The molecule has 0 aromatic heterocycles. The summed E-state index contributed by atoms with van der Waals surface area (Å²) in [6, 6.07) is 15.2. The molecule has 0 bridgehead atoms. The molecule has 0 spiro atoms. The summed E-state index contributed by atoms with van der Waals surface area (Å²) in [4.78, 5) is 36.9. The van der Waals surface area contributed by atoms with Crippen molar-refractivity contribution in [1.82, 2.24) is 0 Å². The number of hydrogen-bond acceptors (Lipinski definition) is 10. The number of hydrogen-bond donors (Lipinski definition) is 6. The van der Waals surface area contributed by atoms with Crippen molar-refractivity contribution in [3.8, 4) is 34.5 Å². The Bertz CT molecular complexity index is 1590. The molecular formula is C29H23NO9. The number of fused-ring (bicyclic) bond motifs is 2. The van der Waals surface area contributed by atoms with E-state index in [1.165, 1.54) is 32.0 Å². The summed E-state index contributed by atoms with van der Waals surface area (Å²) >= 11 is 0. The lowest BCUT2D eigenvalue weighted by atomic mass is 9.80. The summed E-state index contributed by atoms with van der Waals surface area (Å²) in [5, 5.41) is 49.6. The molecule has 198 valence electrons. The van der Waals surface area contributed by atoms with Gasteiger partial charge >= 0.3 is 5.97 Å². The first-order valence-electron chi connectivity index (χ1n) is 11.5. The maximum Gasteiger partial charge on any atom is 0.347 e. The zero-order valence-corrected chi connectivity index (χ0v) is 20.7. The summed E-state index contributed by atoms with van der Waals surface area (Å²) in [5.41, 5.74) is 4.90. The lowest BCUT2D eigenvalue weighted by Gasteiger charge is -2.22. The van der Waals surface area contributed by atoms with Gasteiger partial charge in [-0.1, -0.05) is 18.2 Å². The number of aromatic hydroxyl groups is 5. The minimum Gasteiger partial charge on any atom is -0.507 e. The van der Waals surface area contributed by atoms with E-state index in [2.05, 4.69) is 0 Å². The number of ketones is 2. The quantitative estimate of drug-likeness (QED) is 0.0841. The third-order valence-electron chi connectivity index (χ3n) is 6.04. The molecule has 1 aliphatic rings. The molecule has 0 radical (unpaired) electrons. The molecule has 0 saturated carbocycles. The fraction of sp³-hybridized carbons (Fsp3) is 0.0690. The van der Waals surface area contributed by atoms with Gasteiger partial charge in [-0.25, -0.2) is 4.79 Å². The number of esters is 1. The summed E-state index contributed by atoms with van der Waals surface area (Å²) in [6.45, 7) is 2.93. The van der Waals surface area contributed by atoms with Crippen molar-refractivity contribution in [2.45, 2.75) is 13.8 Å². The van der Waals surface area contributed by atoms with E-state index in [0.717, 1.165) is 12.1 Å². The average Bonchev–Trinajstić information content (AvgIpc) is 2.87. The highest BCUT2D eigenvalue weighted by Crippen LogP contribution is 2.45. The lowest BCUT2D eigenvalue weighted by molar-refractivity contribution is 0.0731. The highest BCUT2D eigenvalue weighted by molar-refractivity contribution is 6.32. The maximum absolute atomic E-state index is 12.6. The normalized spacial score (nSPS) is 11.6. The van der Waals surface area contributed by atoms with Crippen LogP contribution in [0.2, 0.25) is 0 Å². The highest BCUT2D eigenvalue weighted by Gasteiger charge is 2.39. The number of carbonyl (C=O) groups excluding carboxylic acids is 3. The van der Waals surface area contributed by atoms with Crippen LogP contribution in [0.25, 0.3) is 0 Å². The van der Waals surface area contributed by atoms with Crippen molar-refractivity contribution in [3.05, 3.63) is 99.6 Å². The number of phenols is 5. The Morgan fingerprint density at radius 1 is 0.667 bits per heavy atom. The van der Waals surface area contributed by atoms with Crippen LogP contribution in [0.15, 0.2) is 60.7 Å². The van der Waals surface area contributed by atoms with Gasteiger partial charge in [-0.15, -0.1) is 0 Å². The Morgan fingerprint density at radius 3 is 1.62 bits per heavy atom. The molecule has 0 atom stereocenters. The van der Waals surface area contributed by atoms with E-state index < -0.39 is 40.5 Å². The van der Waals surface area contributed by atoms with Gasteiger partial charge in [-0.2, -0.15) is 0 Å². The zero-order chi connectivity index (χ0) is 28.6. The third kappa shape index (κ3) is 4.78. The van der Waals surface area contributed by atoms with E-state index in [9.17, 15) is 39.9 Å². The predicted octanol–water partition coefficient (Wildman–Crippen LogP) is 4.09. The number of para-hydroxylation sites is 1. The van der Waals surface area contributed by atoms with Gasteiger partial charge in [0.25, 0.3) is 0 Å². The van der Waals surface area contributed by atoms with Crippen molar-refractivity contribution >= 4 is 23.2 Å². The Hall–Kier alpha value is -5.51. The molecule has 4 aromatic carbocycles. The van der Waals surface area contributed by atoms with E-state index in [1.807, 2.05) is 6.07 Å². The second-order valence-corrected chi connectivity index (χ2v) is 8.76. The molecule has 0 aliphatic heterocycles. The number of nitrogens with two attached hydrogens (primary N) is 1. The molecule has 5 rings (SSSR count). The fourth-order valence-corrected chi connectivity index (χ4v) is 4.10. The van der Waals surface area contributed by atoms with Gasteiger partial charge in [-0.05, 0) is 61.4 Å². The number of anilines is 1. The van der Waals surface area contributed by atoms with Crippen LogP contribution in [-0.4, -0.2) is 43.1 Å². The number of carbonyl (C=O) groups is 3. The second-order valence-electron chi connectivity index (χ2n) is 8.76. The van der Waals surface area contributed by atoms with Crippen molar-refractivity contribution in [2.75, 3.05) is 5.73 Å². The van der Waals surface area contributed by atoms with Crippen LogP contribution in [0.5, 0.6) is 34.5 Å². The van der Waals surface area contributed by atoms with Crippen molar-refractivity contribution in [1.29, 1.82) is 0 Å². The Morgan fingerprint density at radius 2 is 1.15 bits per heavy atom. The largest absolute Gasteiger partial charge is 0.507 e. The first kappa shape index (κ1) is 26.6. The molecule has 10 nitrogen and oxygen atoms in total. The van der Waals surface area contributed by atoms with E-state index in [0.29, 0.717) is 11.4 Å². The van der Waals surface area contributed by atoms with Gasteiger partial charge in [0.15, 0.2) is 0 Å².